The number of amides is 1. The van der Waals surface area contributed by atoms with Gasteiger partial charge in [0, 0.05) is 6.92 Å². The molecule has 3 saturated heterocycles. The molecule has 0 aromatic carbocycles. The molecule has 37 heavy (non-hydrogen) atoms. The van der Waals surface area contributed by atoms with Crippen LogP contribution in [-0.4, -0.2) is 164 Å². The molecule has 3 heterocycles. The van der Waals surface area contributed by atoms with E-state index in [1.807, 2.05) is 0 Å². The lowest BCUT2D eigenvalue weighted by molar-refractivity contribution is -0.361. The molecule has 0 aromatic rings. The maximum atomic E-state index is 13.4. The molecule has 1 amide bonds. The van der Waals surface area contributed by atoms with Gasteiger partial charge in [-0.05, 0) is 0 Å². The van der Waals surface area contributed by atoms with Crippen molar-refractivity contribution in [1.82, 2.24) is 5.32 Å². The Labute approximate surface area is 209 Å². The van der Waals surface area contributed by atoms with Crippen molar-refractivity contribution >= 4 is 5.91 Å². The van der Waals surface area contributed by atoms with E-state index >= 15 is 0 Å². The summed E-state index contributed by atoms with van der Waals surface area (Å²) in [6, 6.07) is -1.44. The van der Waals surface area contributed by atoms with Crippen LogP contribution in [0.3, 0.4) is 0 Å². The van der Waals surface area contributed by atoms with E-state index < -0.39 is 118 Å². The van der Waals surface area contributed by atoms with Gasteiger partial charge in [-0.3, -0.25) is 4.79 Å². The highest BCUT2D eigenvalue weighted by Gasteiger charge is 2.52. The lowest BCUT2D eigenvalue weighted by Crippen LogP contribution is -2.67. The van der Waals surface area contributed by atoms with Crippen molar-refractivity contribution in [2.75, 3.05) is 19.9 Å². The van der Waals surface area contributed by atoms with Crippen LogP contribution in [-0.2, 0) is 28.5 Å². The summed E-state index contributed by atoms with van der Waals surface area (Å²) in [4.78, 5) is 11.7. The Hall–Kier alpha value is -1.16. The Bertz CT molecular complexity index is 753. The molecule has 3 aliphatic rings. The Kier molecular flexibility index (Phi) is 10.5. The highest BCUT2D eigenvalue weighted by atomic mass is 19.1. The Morgan fingerprint density at radius 3 is 1.97 bits per heavy atom. The second-order valence-electron chi connectivity index (χ2n) is 9.08. The highest BCUT2D eigenvalue weighted by Crippen LogP contribution is 2.31. The molecule has 0 radical (unpaired) electrons. The predicted octanol–water partition coefficient (Wildman–Crippen LogP) is -6.45. The fourth-order valence-corrected chi connectivity index (χ4v) is 4.31. The van der Waals surface area contributed by atoms with Gasteiger partial charge in [-0.1, -0.05) is 0 Å². The first-order valence-electron chi connectivity index (χ1n) is 11.5. The third kappa shape index (κ3) is 6.53. The zero-order valence-corrected chi connectivity index (χ0v) is 19.6. The Balaban J connectivity index is 1.80. The van der Waals surface area contributed by atoms with Crippen LogP contribution in [0.2, 0.25) is 0 Å². The summed E-state index contributed by atoms with van der Waals surface area (Å²) in [7, 11) is 0. The predicted molar refractivity (Wildman–Crippen MR) is 112 cm³/mol. The van der Waals surface area contributed by atoms with Crippen molar-refractivity contribution in [2.45, 2.75) is 99.0 Å². The number of aliphatic hydroxyl groups is 9. The lowest BCUT2D eigenvalue weighted by Gasteiger charge is -2.47. The minimum absolute atomic E-state index is 0.657. The average molecular weight is 547 g/mol. The average Bonchev–Trinajstić information content (AvgIpc) is 2.86. The molecule has 3 fully saturated rings. The lowest BCUT2D eigenvalue weighted by atomic mass is 9.95. The normalized spacial score (nSPS) is 49.0. The van der Waals surface area contributed by atoms with E-state index in [0.29, 0.717) is 0 Å². The Morgan fingerprint density at radius 1 is 0.784 bits per heavy atom. The molecule has 3 rings (SSSR count). The molecule has 0 bridgehead atoms. The summed E-state index contributed by atoms with van der Waals surface area (Å²) >= 11 is 0. The van der Waals surface area contributed by atoms with Crippen molar-refractivity contribution < 1.29 is 78.8 Å². The van der Waals surface area contributed by atoms with Gasteiger partial charge in [-0.2, -0.15) is 0 Å². The highest BCUT2D eigenvalue weighted by molar-refractivity contribution is 5.73. The van der Waals surface area contributed by atoms with Crippen molar-refractivity contribution in [2.24, 2.45) is 0 Å². The summed E-state index contributed by atoms with van der Waals surface area (Å²) in [6.07, 6.45) is -23.8. The molecule has 0 spiro atoms. The fraction of sp³-hybridized carbons (Fsp3) is 0.950. The van der Waals surface area contributed by atoms with Crippen LogP contribution in [0.15, 0.2) is 0 Å². The molecule has 16 nitrogen and oxygen atoms in total. The van der Waals surface area contributed by atoms with Gasteiger partial charge in [0.15, 0.2) is 18.9 Å². The molecule has 3 aliphatic heterocycles. The third-order valence-electron chi connectivity index (χ3n) is 6.45. The van der Waals surface area contributed by atoms with E-state index in [4.69, 9.17) is 23.7 Å². The molecule has 0 aromatic heterocycles. The van der Waals surface area contributed by atoms with Gasteiger partial charge in [0.25, 0.3) is 0 Å². The van der Waals surface area contributed by atoms with Crippen molar-refractivity contribution in [1.29, 1.82) is 0 Å². The molecule has 0 aliphatic carbocycles. The first-order chi connectivity index (χ1) is 17.4. The number of hydrogen-bond donors (Lipinski definition) is 10. The van der Waals surface area contributed by atoms with E-state index in [0.717, 1.165) is 6.92 Å². The van der Waals surface area contributed by atoms with Crippen LogP contribution in [0, 0.1) is 0 Å². The largest absolute Gasteiger partial charge is 0.394 e. The van der Waals surface area contributed by atoms with Gasteiger partial charge in [0.05, 0.1) is 13.2 Å². The first-order valence-corrected chi connectivity index (χ1v) is 11.5. The van der Waals surface area contributed by atoms with Crippen molar-refractivity contribution in [3.05, 3.63) is 0 Å². The summed E-state index contributed by atoms with van der Waals surface area (Å²) < 4.78 is 40.4. The number of nitrogens with one attached hydrogen (secondary N) is 1. The molecular weight excluding hydrogens is 513 g/mol. The SMILES string of the molecule is CC(=O)N[C@H]1[C@H](O[C@@H]2[C@@H](OC[C@H]3O[C@@H](O)[C@H](O)[C@@H](O)[C@@H]3O)O[C@H](CF)[C@@H](O)[C@@H]2O)O[C@H](CO)[C@@H](O)[C@@H]1O. The van der Waals surface area contributed by atoms with E-state index in [1.54, 1.807) is 0 Å². The number of ether oxygens (including phenoxy) is 5. The van der Waals surface area contributed by atoms with Gasteiger partial charge in [-0.15, -0.1) is 0 Å². The number of halogens is 1. The summed E-state index contributed by atoms with van der Waals surface area (Å²) in [5.41, 5.74) is 0. The van der Waals surface area contributed by atoms with Crippen molar-refractivity contribution in [3.8, 4) is 0 Å². The van der Waals surface area contributed by atoms with Gasteiger partial charge >= 0.3 is 0 Å². The van der Waals surface area contributed by atoms with Crippen LogP contribution in [0.5, 0.6) is 0 Å². The standard InChI is InChI=1S/C20H34FNO15/c1-5(24)22-9-13(28)11(26)7(3-23)36-19(9)37-17-15(30)10(25)6(2-21)35-20(17)33-4-8-12(27)14(29)16(31)18(32)34-8/h6-20,23,25-32H,2-4H2,1H3,(H,22,24)/t6-,7-,8-,9-,10-,11-,12-,13-,14+,15+,16-,17+,18-,19+,20+/m1/s1. The molecule has 216 valence electrons. The van der Waals surface area contributed by atoms with E-state index in [9.17, 15) is 55.1 Å². The van der Waals surface area contributed by atoms with Crippen LogP contribution in [0.4, 0.5) is 4.39 Å². The third-order valence-corrected chi connectivity index (χ3v) is 6.45. The molecule has 0 saturated carbocycles. The summed E-state index contributed by atoms with van der Waals surface area (Å²) in [5.74, 6) is -0.663. The van der Waals surface area contributed by atoms with Crippen LogP contribution in [0.25, 0.3) is 0 Å². The summed E-state index contributed by atoms with van der Waals surface area (Å²) in [6.45, 7) is -1.59. The van der Waals surface area contributed by atoms with Gasteiger partial charge in [0.2, 0.25) is 5.91 Å². The maximum Gasteiger partial charge on any atom is 0.217 e. The van der Waals surface area contributed by atoms with Gasteiger partial charge in [-0.25, -0.2) is 4.39 Å². The second-order valence-corrected chi connectivity index (χ2v) is 9.08. The van der Waals surface area contributed by atoms with Gasteiger partial charge in [0.1, 0.15) is 79.9 Å². The number of hydrogen-bond acceptors (Lipinski definition) is 15. The smallest absolute Gasteiger partial charge is 0.217 e. The summed E-state index contributed by atoms with van der Waals surface area (Å²) in [5, 5.41) is 92.6. The number of carbonyl (C=O) groups is 1. The van der Waals surface area contributed by atoms with E-state index in [-0.39, 0.29) is 0 Å². The van der Waals surface area contributed by atoms with Crippen LogP contribution in [0.1, 0.15) is 6.92 Å². The zero-order chi connectivity index (χ0) is 27.6. The second kappa shape index (κ2) is 12.8. The number of alkyl halides is 1. The first kappa shape index (κ1) is 30.4. The van der Waals surface area contributed by atoms with E-state index in [2.05, 4.69) is 5.32 Å². The Morgan fingerprint density at radius 2 is 1.38 bits per heavy atom. The zero-order valence-electron chi connectivity index (χ0n) is 19.6. The molecule has 0 unspecified atom stereocenters. The maximum absolute atomic E-state index is 13.4. The van der Waals surface area contributed by atoms with Crippen LogP contribution < -0.4 is 5.32 Å². The van der Waals surface area contributed by atoms with E-state index in [1.165, 1.54) is 0 Å². The monoisotopic (exact) mass is 547 g/mol. The minimum Gasteiger partial charge on any atom is -0.394 e. The quantitative estimate of drug-likeness (QED) is 0.135. The fourth-order valence-electron chi connectivity index (χ4n) is 4.31. The molecular formula is C20H34FNO15. The topological polar surface area (TPSA) is 257 Å². The number of carbonyl (C=O) groups excluding carboxylic acids is 1. The number of aliphatic hydroxyl groups excluding tert-OH is 9. The molecule has 17 heteroatoms. The molecule has 10 N–H and O–H groups in total. The minimum atomic E-state index is -1.90. The van der Waals surface area contributed by atoms with Crippen molar-refractivity contribution in [3.63, 3.8) is 0 Å². The van der Waals surface area contributed by atoms with Crippen LogP contribution >= 0.6 is 0 Å². The molecule has 15 atom stereocenters. The van der Waals surface area contributed by atoms with Gasteiger partial charge < -0.3 is 75.0 Å². The number of rotatable bonds is 8.